The fraction of sp³-hybridized carbons (Fsp3) is 0.143. The lowest BCUT2D eigenvalue weighted by atomic mass is 10.2. The Morgan fingerprint density at radius 2 is 2.11 bits per heavy atom. The smallest absolute Gasteiger partial charge is 0.477 e. The number of halogens is 4. The number of hydrogen-bond donors (Lipinski definition) is 1. The Kier molecular flexibility index (Phi) is 3.93. The summed E-state index contributed by atoms with van der Waals surface area (Å²) >= 11 is 1.34. The SMILES string of the molecule is O=C(O)c1c(I)cc(OC(F)(F)F)nc1[N+](=O)[O-]. The van der Waals surface area contributed by atoms with Crippen molar-refractivity contribution in [3.8, 4) is 5.88 Å². The van der Waals surface area contributed by atoms with Gasteiger partial charge in [-0.3, -0.25) is 0 Å². The number of rotatable bonds is 3. The minimum atomic E-state index is -5.07. The molecule has 0 amide bonds. The van der Waals surface area contributed by atoms with Gasteiger partial charge in [0.1, 0.15) is 0 Å². The van der Waals surface area contributed by atoms with E-state index in [2.05, 4.69) is 9.72 Å². The van der Waals surface area contributed by atoms with E-state index in [1.807, 2.05) is 0 Å². The van der Waals surface area contributed by atoms with Crippen LogP contribution in [0.25, 0.3) is 0 Å². The standard InChI is InChI=1S/C7H2F3IN2O5/c8-7(9,10)18-3-1-2(11)4(6(14)15)5(12-3)13(16)17/h1H,(H,14,15). The summed E-state index contributed by atoms with van der Waals surface area (Å²) in [6, 6.07) is 0.643. The largest absolute Gasteiger partial charge is 0.575 e. The molecule has 0 aliphatic heterocycles. The first-order valence-electron chi connectivity index (χ1n) is 3.96. The van der Waals surface area contributed by atoms with Crippen molar-refractivity contribution < 1.29 is 32.7 Å². The van der Waals surface area contributed by atoms with E-state index in [4.69, 9.17) is 5.11 Å². The number of nitro groups is 1. The summed E-state index contributed by atoms with van der Waals surface area (Å²) in [4.78, 5) is 23.0. The molecule has 0 aromatic carbocycles. The molecule has 0 fully saturated rings. The molecule has 1 aromatic rings. The highest BCUT2D eigenvalue weighted by Crippen LogP contribution is 2.29. The maximum Gasteiger partial charge on any atom is 0.575 e. The zero-order valence-electron chi connectivity index (χ0n) is 8.06. The van der Waals surface area contributed by atoms with Gasteiger partial charge in [0.05, 0.1) is 0 Å². The van der Waals surface area contributed by atoms with Crippen LogP contribution >= 0.6 is 22.6 Å². The van der Waals surface area contributed by atoms with Gasteiger partial charge in [-0.15, -0.1) is 13.2 Å². The molecule has 1 N–H and O–H groups in total. The van der Waals surface area contributed by atoms with Gasteiger partial charge < -0.3 is 20.0 Å². The molecule has 0 saturated heterocycles. The van der Waals surface area contributed by atoms with E-state index < -0.39 is 34.5 Å². The minimum absolute atomic E-state index is 0.291. The zero-order valence-corrected chi connectivity index (χ0v) is 10.2. The molecule has 18 heavy (non-hydrogen) atoms. The fourth-order valence-corrected chi connectivity index (χ4v) is 1.72. The molecule has 0 radical (unpaired) electrons. The summed E-state index contributed by atoms with van der Waals surface area (Å²) in [7, 11) is 0. The highest BCUT2D eigenvalue weighted by molar-refractivity contribution is 14.1. The number of carbonyl (C=O) groups is 1. The van der Waals surface area contributed by atoms with Crippen LogP contribution in [0.1, 0.15) is 10.4 Å². The van der Waals surface area contributed by atoms with E-state index in [9.17, 15) is 28.1 Å². The number of pyridine rings is 1. The maximum atomic E-state index is 11.9. The molecular formula is C7H2F3IN2O5. The molecule has 0 aliphatic rings. The van der Waals surface area contributed by atoms with Crippen molar-refractivity contribution in [3.05, 3.63) is 25.3 Å². The van der Waals surface area contributed by atoms with Crippen molar-refractivity contribution in [3.63, 3.8) is 0 Å². The fourth-order valence-electron chi connectivity index (χ4n) is 0.981. The first-order chi connectivity index (χ1) is 8.11. The lowest BCUT2D eigenvalue weighted by molar-refractivity contribution is -0.390. The highest BCUT2D eigenvalue weighted by Gasteiger charge is 2.36. The molecule has 98 valence electrons. The second-order valence-corrected chi connectivity index (χ2v) is 3.91. The molecule has 0 unspecified atom stereocenters. The normalized spacial score (nSPS) is 11.1. The van der Waals surface area contributed by atoms with Crippen LogP contribution in [-0.4, -0.2) is 27.3 Å². The third-order valence-electron chi connectivity index (χ3n) is 1.54. The van der Waals surface area contributed by atoms with Crippen LogP contribution in [0.5, 0.6) is 5.88 Å². The number of alkyl halides is 3. The van der Waals surface area contributed by atoms with E-state index in [1.54, 1.807) is 0 Å². The van der Waals surface area contributed by atoms with Crippen LogP contribution in [0.3, 0.4) is 0 Å². The summed E-state index contributed by atoms with van der Waals surface area (Å²) in [5, 5.41) is 19.2. The zero-order chi connectivity index (χ0) is 14.1. The lowest BCUT2D eigenvalue weighted by Crippen LogP contribution is -2.19. The van der Waals surface area contributed by atoms with Crippen LogP contribution < -0.4 is 4.74 Å². The number of aromatic nitrogens is 1. The van der Waals surface area contributed by atoms with Crippen LogP contribution in [0.4, 0.5) is 19.0 Å². The summed E-state index contributed by atoms with van der Waals surface area (Å²) in [5.41, 5.74) is -0.796. The van der Waals surface area contributed by atoms with Gasteiger partial charge in [0.2, 0.25) is 0 Å². The first-order valence-corrected chi connectivity index (χ1v) is 5.03. The number of carboxylic acid groups (broad SMARTS) is 1. The third kappa shape index (κ3) is 3.41. The average molecular weight is 378 g/mol. The number of nitrogens with zero attached hydrogens (tertiary/aromatic N) is 2. The first kappa shape index (κ1) is 14.4. The minimum Gasteiger partial charge on any atom is -0.477 e. The molecule has 1 heterocycles. The van der Waals surface area contributed by atoms with E-state index in [0.29, 0.717) is 6.07 Å². The summed E-state index contributed by atoms with van der Waals surface area (Å²) in [6.45, 7) is 0. The molecule has 0 bridgehead atoms. The van der Waals surface area contributed by atoms with Crippen LogP contribution in [0.15, 0.2) is 6.07 Å². The van der Waals surface area contributed by atoms with Gasteiger partial charge in [0.25, 0.3) is 0 Å². The van der Waals surface area contributed by atoms with Crippen molar-refractivity contribution in [2.75, 3.05) is 0 Å². The lowest BCUT2D eigenvalue weighted by Gasteiger charge is -2.06. The summed E-state index contributed by atoms with van der Waals surface area (Å²) in [5.74, 6) is -3.98. The predicted molar refractivity (Wildman–Crippen MR) is 57.3 cm³/mol. The Hall–Kier alpha value is -1.66. The second-order valence-electron chi connectivity index (χ2n) is 2.75. The number of aromatic carboxylic acids is 1. The van der Waals surface area contributed by atoms with Crippen molar-refractivity contribution in [1.82, 2.24) is 4.98 Å². The topological polar surface area (TPSA) is 103 Å². The predicted octanol–water partition coefficient (Wildman–Crippen LogP) is 2.19. The van der Waals surface area contributed by atoms with Crippen LogP contribution in [-0.2, 0) is 0 Å². The van der Waals surface area contributed by atoms with Crippen molar-refractivity contribution in [2.45, 2.75) is 6.36 Å². The number of carboxylic acids is 1. The summed E-state index contributed by atoms with van der Waals surface area (Å²) in [6.07, 6.45) is -5.07. The molecule has 1 rings (SSSR count). The van der Waals surface area contributed by atoms with Gasteiger partial charge in [-0.2, -0.15) is 0 Å². The number of ether oxygens (including phenoxy) is 1. The van der Waals surface area contributed by atoms with Crippen LogP contribution in [0, 0.1) is 13.7 Å². The van der Waals surface area contributed by atoms with Crippen molar-refractivity contribution >= 4 is 34.4 Å². The van der Waals surface area contributed by atoms with Gasteiger partial charge >= 0.3 is 24.0 Å². The molecule has 1 aromatic heterocycles. The Morgan fingerprint density at radius 3 is 2.50 bits per heavy atom. The number of hydrogen-bond acceptors (Lipinski definition) is 5. The Labute approximate surface area is 110 Å². The van der Waals surface area contributed by atoms with Gasteiger partial charge in [0.15, 0.2) is 5.56 Å². The monoisotopic (exact) mass is 378 g/mol. The van der Waals surface area contributed by atoms with Gasteiger partial charge in [-0.1, -0.05) is 0 Å². The third-order valence-corrected chi connectivity index (χ3v) is 2.39. The van der Waals surface area contributed by atoms with Crippen LogP contribution in [0.2, 0.25) is 0 Å². The molecular weight excluding hydrogens is 376 g/mol. The van der Waals surface area contributed by atoms with Gasteiger partial charge in [-0.05, 0) is 27.5 Å². The molecule has 0 aliphatic carbocycles. The highest BCUT2D eigenvalue weighted by atomic mass is 127. The van der Waals surface area contributed by atoms with Gasteiger partial charge in [-0.25, -0.2) is 4.79 Å². The van der Waals surface area contributed by atoms with E-state index >= 15 is 0 Å². The maximum absolute atomic E-state index is 11.9. The molecule has 0 saturated carbocycles. The Bertz CT molecular complexity index is 519. The molecule has 7 nitrogen and oxygen atoms in total. The summed E-state index contributed by atoms with van der Waals surface area (Å²) < 4.78 is 38.8. The van der Waals surface area contributed by atoms with E-state index in [1.165, 1.54) is 22.6 Å². The van der Waals surface area contributed by atoms with Gasteiger partial charge in [0, 0.05) is 14.6 Å². The quantitative estimate of drug-likeness (QED) is 0.492. The van der Waals surface area contributed by atoms with E-state index in [0.717, 1.165) is 0 Å². The second kappa shape index (κ2) is 4.91. The Morgan fingerprint density at radius 1 is 1.56 bits per heavy atom. The molecule has 0 atom stereocenters. The van der Waals surface area contributed by atoms with Crippen molar-refractivity contribution in [2.24, 2.45) is 0 Å². The van der Waals surface area contributed by atoms with Crippen molar-refractivity contribution in [1.29, 1.82) is 0 Å². The van der Waals surface area contributed by atoms with E-state index in [-0.39, 0.29) is 3.57 Å². The average Bonchev–Trinajstić information content (AvgIpc) is 2.12. The molecule has 11 heteroatoms. The Balaban J connectivity index is 3.37. The molecule has 0 spiro atoms.